The van der Waals surface area contributed by atoms with Crippen LogP contribution in [0.25, 0.3) is 0 Å². The molecular weight excluding hydrogens is 276 g/mol. The summed E-state index contributed by atoms with van der Waals surface area (Å²) in [6.45, 7) is 8.80. The molecule has 0 aliphatic heterocycles. The van der Waals surface area contributed by atoms with Gasteiger partial charge in [0.05, 0.1) is 7.11 Å². The first-order chi connectivity index (χ1) is 9.67. The summed E-state index contributed by atoms with van der Waals surface area (Å²) >= 11 is 0. The molecule has 7 nitrogen and oxygen atoms in total. The van der Waals surface area contributed by atoms with Gasteiger partial charge in [-0.2, -0.15) is 0 Å². The molecule has 1 amide bonds. The molecule has 118 valence electrons. The zero-order chi connectivity index (χ0) is 16.2. The van der Waals surface area contributed by atoms with Crippen molar-refractivity contribution in [1.29, 1.82) is 0 Å². The molecule has 0 saturated heterocycles. The third kappa shape index (κ3) is 4.77. The van der Waals surface area contributed by atoms with Gasteiger partial charge in [0.1, 0.15) is 17.4 Å². The van der Waals surface area contributed by atoms with Gasteiger partial charge >= 0.3 is 12.1 Å². The molecule has 7 heteroatoms. The Morgan fingerprint density at radius 3 is 2.48 bits per heavy atom. The Bertz CT molecular complexity index is 516. The normalized spacial score (nSPS) is 12.7. The fourth-order valence-corrected chi connectivity index (χ4v) is 1.64. The van der Waals surface area contributed by atoms with E-state index in [1.54, 1.807) is 27.7 Å². The number of carbonyl (C=O) groups excluding carboxylic acids is 2. The fourth-order valence-electron chi connectivity index (χ4n) is 1.64. The van der Waals surface area contributed by atoms with Gasteiger partial charge in [-0.15, -0.1) is 0 Å². The van der Waals surface area contributed by atoms with E-state index in [0.717, 1.165) is 0 Å². The third-order valence-electron chi connectivity index (χ3n) is 2.59. The van der Waals surface area contributed by atoms with Crippen molar-refractivity contribution >= 4 is 12.1 Å². The molecule has 1 aromatic heterocycles. The van der Waals surface area contributed by atoms with E-state index in [-0.39, 0.29) is 11.6 Å². The number of carbonyl (C=O) groups is 2. The Labute approximate surface area is 124 Å². The number of esters is 1. The van der Waals surface area contributed by atoms with Crippen molar-refractivity contribution in [3.63, 3.8) is 0 Å². The smallest absolute Gasteiger partial charge is 0.408 e. The van der Waals surface area contributed by atoms with Crippen molar-refractivity contribution in [2.45, 2.75) is 52.7 Å². The summed E-state index contributed by atoms with van der Waals surface area (Å²) in [7, 11) is 1.27. The van der Waals surface area contributed by atoms with Gasteiger partial charge in [0.2, 0.25) is 5.89 Å². The third-order valence-corrected chi connectivity index (χ3v) is 2.59. The van der Waals surface area contributed by atoms with Crippen LogP contribution in [0.4, 0.5) is 4.79 Å². The highest BCUT2D eigenvalue weighted by atomic mass is 16.6. The molecule has 1 atom stereocenters. The first-order valence-corrected chi connectivity index (χ1v) is 6.73. The zero-order valence-electron chi connectivity index (χ0n) is 13.3. The second-order valence-corrected chi connectivity index (χ2v) is 5.56. The van der Waals surface area contributed by atoms with Gasteiger partial charge in [-0.3, -0.25) is 0 Å². The standard InChI is InChI=1S/C14H22N2O5/c1-7-9(15-13(18)21-14(3,4)5)11-16-10(8(2)20-11)12(17)19-6/h9H,7H2,1-6H3,(H,15,18)/t9-/m0/s1. The SMILES string of the molecule is CC[C@H](NC(=O)OC(C)(C)C)c1nc(C(=O)OC)c(C)o1. The summed E-state index contributed by atoms with van der Waals surface area (Å²) in [5.41, 5.74) is -0.483. The first-order valence-electron chi connectivity index (χ1n) is 6.73. The van der Waals surface area contributed by atoms with E-state index >= 15 is 0 Å². The average molecular weight is 298 g/mol. The molecule has 21 heavy (non-hydrogen) atoms. The number of amides is 1. The van der Waals surface area contributed by atoms with Crippen molar-refractivity contribution < 1.29 is 23.5 Å². The van der Waals surface area contributed by atoms with Gasteiger partial charge in [-0.1, -0.05) is 6.92 Å². The summed E-state index contributed by atoms with van der Waals surface area (Å²) < 4.78 is 15.2. The molecule has 1 heterocycles. The number of nitrogens with zero attached hydrogens (tertiary/aromatic N) is 1. The highest BCUT2D eigenvalue weighted by Gasteiger charge is 2.25. The number of methoxy groups -OCH3 is 1. The van der Waals surface area contributed by atoms with Crippen molar-refractivity contribution in [3.05, 3.63) is 17.3 Å². The molecule has 0 saturated carbocycles. The van der Waals surface area contributed by atoms with Gasteiger partial charge < -0.3 is 19.2 Å². The number of hydrogen-bond donors (Lipinski definition) is 1. The van der Waals surface area contributed by atoms with Crippen LogP contribution >= 0.6 is 0 Å². The van der Waals surface area contributed by atoms with Gasteiger partial charge in [0, 0.05) is 0 Å². The Hall–Kier alpha value is -2.05. The monoisotopic (exact) mass is 298 g/mol. The minimum absolute atomic E-state index is 0.108. The minimum atomic E-state index is -0.591. The Balaban J connectivity index is 2.86. The van der Waals surface area contributed by atoms with Crippen LogP contribution in [0.5, 0.6) is 0 Å². The van der Waals surface area contributed by atoms with Gasteiger partial charge in [-0.25, -0.2) is 14.6 Å². The lowest BCUT2D eigenvalue weighted by Gasteiger charge is -2.21. The summed E-state index contributed by atoms with van der Waals surface area (Å²) in [5, 5.41) is 2.67. The molecule has 0 bridgehead atoms. The molecule has 0 aliphatic rings. The van der Waals surface area contributed by atoms with Crippen molar-refractivity contribution in [3.8, 4) is 0 Å². The Kier molecular flexibility index (Phi) is 5.34. The lowest BCUT2D eigenvalue weighted by atomic mass is 10.2. The number of hydrogen-bond acceptors (Lipinski definition) is 6. The molecule has 0 fully saturated rings. The molecule has 1 N–H and O–H groups in total. The molecule has 1 aromatic rings. The van der Waals surface area contributed by atoms with E-state index in [0.29, 0.717) is 12.2 Å². The predicted molar refractivity (Wildman–Crippen MR) is 75.0 cm³/mol. The van der Waals surface area contributed by atoms with Crippen LogP contribution < -0.4 is 5.32 Å². The van der Waals surface area contributed by atoms with E-state index in [9.17, 15) is 9.59 Å². The van der Waals surface area contributed by atoms with Gasteiger partial charge in [-0.05, 0) is 34.1 Å². The molecule has 0 unspecified atom stereocenters. The van der Waals surface area contributed by atoms with E-state index in [1.807, 2.05) is 6.92 Å². The van der Waals surface area contributed by atoms with E-state index in [1.165, 1.54) is 7.11 Å². The molecule has 0 spiro atoms. The van der Waals surface area contributed by atoms with E-state index in [4.69, 9.17) is 9.15 Å². The molecule has 1 rings (SSSR count). The van der Waals surface area contributed by atoms with Crippen LogP contribution in [-0.4, -0.2) is 29.8 Å². The summed E-state index contributed by atoms with van der Waals surface area (Å²) in [4.78, 5) is 27.4. The average Bonchev–Trinajstić information content (AvgIpc) is 2.75. The number of oxazole rings is 1. The fraction of sp³-hybridized carbons (Fsp3) is 0.643. The highest BCUT2D eigenvalue weighted by Crippen LogP contribution is 2.20. The number of rotatable bonds is 4. The second-order valence-electron chi connectivity index (χ2n) is 5.56. The Morgan fingerprint density at radius 2 is 2.00 bits per heavy atom. The molecular formula is C14H22N2O5. The summed E-state index contributed by atoms with van der Waals surface area (Å²) in [6, 6.07) is -0.475. The first kappa shape index (κ1) is 17.0. The minimum Gasteiger partial charge on any atom is -0.464 e. The van der Waals surface area contributed by atoms with Crippen molar-refractivity contribution in [2.75, 3.05) is 7.11 Å². The van der Waals surface area contributed by atoms with Gasteiger partial charge in [0.15, 0.2) is 5.69 Å². The van der Waals surface area contributed by atoms with Crippen LogP contribution in [0.3, 0.4) is 0 Å². The number of aromatic nitrogens is 1. The quantitative estimate of drug-likeness (QED) is 0.859. The lowest BCUT2D eigenvalue weighted by molar-refractivity contribution is 0.0493. The maximum atomic E-state index is 11.8. The second kappa shape index (κ2) is 6.60. The number of nitrogens with one attached hydrogen (secondary N) is 1. The highest BCUT2D eigenvalue weighted by molar-refractivity contribution is 5.88. The van der Waals surface area contributed by atoms with Crippen LogP contribution in [0.1, 0.15) is 62.3 Å². The van der Waals surface area contributed by atoms with Crippen LogP contribution in [0.15, 0.2) is 4.42 Å². The van der Waals surface area contributed by atoms with Gasteiger partial charge in [0.25, 0.3) is 0 Å². The maximum Gasteiger partial charge on any atom is 0.408 e. The largest absolute Gasteiger partial charge is 0.464 e. The summed E-state index contributed by atoms with van der Waals surface area (Å²) in [5.74, 6) is 0.0252. The van der Waals surface area contributed by atoms with Crippen LogP contribution in [-0.2, 0) is 9.47 Å². The summed E-state index contributed by atoms with van der Waals surface area (Å²) in [6.07, 6.45) is -0.0235. The van der Waals surface area contributed by atoms with E-state index in [2.05, 4.69) is 15.0 Å². The predicted octanol–water partition coefficient (Wildman–Crippen LogP) is 2.75. The lowest BCUT2D eigenvalue weighted by Crippen LogP contribution is -2.35. The van der Waals surface area contributed by atoms with Crippen LogP contribution in [0.2, 0.25) is 0 Å². The molecule has 0 radical (unpaired) electrons. The van der Waals surface area contributed by atoms with Crippen LogP contribution in [0, 0.1) is 6.92 Å². The van der Waals surface area contributed by atoms with E-state index < -0.39 is 23.7 Å². The number of aryl methyl sites for hydroxylation is 1. The van der Waals surface area contributed by atoms with Crippen molar-refractivity contribution in [2.24, 2.45) is 0 Å². The zero-order valence-corrected chi connectivity index (χ0v) is 13.3. The number of alkyl carbamates (subject to hydrolysis) is 1. The maximum absolute atomic E-state index is 11.8. The van der Waals surface area contributed by atoms with Crippen molar-refractivity contribution in [1.82, 2.24) is 10.3 Å². The molecule has 0 aromatic carbocycles. The molecule has 0 aliphatic carbocycles. The number of ether oxygens (including phenoxy) is 2. The topological polar surface area (TPSA) is 90.7 Å². The Morgan fingerprint density at radius 1 is 1.38 bits per heavy atom.